The van der Waals surface area contributed by atoms with Crippen molar-refractivity contribution in [3.63, 3.8) is 0 Å². The van der Waals surface area contributed by atoms with Gasteiger partial charge in [-0.1, -0.05) is 13.0 Å². The van der Waals surface area contributed by atoms with Gasteiger partial charge in [0.15, 0.2) is 6.61 Å². The minimum absolute atomic E-state index is 0.0328. The average Bonchev–Trinajstić information content (AvgIpc) is 3.10. The number of aromatic nitrogens is 1. The van der Waals surface area contributed by atoms with E-state index in [1.165, 1.54) is 0 Å². The Morgan fingerprint density at radius 3 is 2.88 bits per heavy atom. The second-order valence-corrected chi connectivity index (χ2v) is 7.46. The van der Waals surface area contributed by atoms with Gasteiger partial charge in [0.1, 0.15) is 5.75 Å². The van der Waals surface area contributed by atoms with E-state index in [2.05, 4.69) is 10.3 Å². The van der Waals surface area contributed by atoms with Gasteiger partial charge in [-0.2, -0.15) is 0 Å². The fraction of sp³-hybridized carbons (Fsp3) is 0.474. The number of ether oxygens (including phenoxy) is 1. The summed E-state index contributed by atoms with van der Waals surface area (Å²) in [5, 5.41) is 14.7. The lowest BCUT2D eigenvalue weighted by Crippen LogP contribution is -2.42. The molecule has 0 radical (unpaired) electrons. The highest BCUT2D eigenvalue weighted by Gasteiger charge is 2.36. The van der Waals surface area contributed by atoms with Gasteiger partial charge >= 0.3 is 0 Å². The monoisotopic (exact) mass is 360 g/mol. The van der Waals surface area contributed by atoms with Crippen molar-refractivity contribution in [2.75, 3.05) is 6.61 Å². The number of carbonyl (C=O) groups is 1. The van der Waals surface area contributed by atoms with Crippen molar-refractivity contribution >= 4 is 17.2 Å². The van der Waals surface area contributed by atoms with Crippen LogP contribution in [0.25, 0.3) is 0 Å². The van der Waals surface area contributed by atoms with Gasteiger partial charge in [0.2, 0.25) is 0 Å². The molecule has 1 aliphatic carbocycles. The number of hydrogen-bond donors (Lipinski definition) is 2. The summed E-state index contributed by atoms with van der Waals surface area (Å²) < 4.78 is 5.70. The third kappa shape index (κ3) is 4.38. The van der Waals surface area contributed by atoms with Crippen LogP contribution in [-0.4, -0.2) is 28.7 Å². The summed E-state index contributed by atoms with van der Waals surface area (Å²) in [4.78, 5) is 18.0. The SMILES string of the molecule is CCc1nc(C)ccc1OCC(=O)N[C@H](c1cccs1)C1CC(O)C1. The van der Waals surface area contributed by atoms with Crippen LogP contribution in [0.4, 0.5) is 0 Å². The zero-order valence-electron chi connectivity index (χ0n) is 14.6. The van der Waals surface area contributed by atoms with E-state index < -0.39 is 0 Å². The number of rotatable bonds is 7. The smallest absolute Gasteiger partial charge is 0.258 e. The molecule has 2 heterocycles. The Hall–Kier alpha value is -1.92. The number of amides is 1. The Labute approximate surface area is 152 Å². The second-order valence-electron chi connectivity index (χ2n) is 6.49. The molecule has 2 N–H and O–H groups in total. The van der Waals surface area contributed by atoms with Crippen LogP contribution in [0.2, 0.25) is 0 Å². The van der Waals surface area contributed by atoms with Gasteiger partial charge in [-0.25, -0.2) is 0 Å². The average molecular weight is 360 g/mol. The highest BCUT2D eigenvalue weighted by molar-refractivity contribution is 7.10. The van der Waals surface area contributed by atoms with Crippen molar-refractivity contribution in [2.45, 2.75) is 45.3 Å². The van der Waals surface area contributed by atoms with Crippen molar-refractivity contribution in [2.24, 2.45) is 5.92 Å². The lowest BCUT2D eigenvalue weighted by Gasteiger charge is -2.37. The minimum Gasteiger partial charge on any atom is -0.482 e. The van der Waals surface area contributed by atoms with E-state index >= 15 is 0 Å². The topological polar surface area (TPSA) is 71.5 Å². The van der Waals surface area contributed by atoms with Crippen LogP contribution < -0.4 is 10.1 Å². The Kier molecular flexibility index (Phi) is 5.71. The first-order chi connectivity index (χ1) is 12.1. The molecule has 0 bridgehead atoms. The van der Waals surface area contributed by atoms with Crippen LogP contribution in [0.1, 0.15) is 42.1 Å². The van der Waals surface area contributed by atoms with E-state index in [0.29, 0.717) is 5.75 Å². The highest BCUT2D eigenvalue weighted by atomic mass is 32.1. The van der Waals surface area contributed by atoms with Crippen molar-refractivity contribution in [3.05, 3.63) is 45.9 Å². The number of aliphatic hydroxyl groups is 1. The Balaban J connectivity index is 1.60. The molecule has 2 aromatic heterocycles. The number of pyridine rings is 1. The first-order valence-electron chi connectivity index (χ1n) is 8.67. The molecule has 0 aliphatic heterocycles. The van der Waals surface area contributed by atoms with Gasteiger partial charge in [0.05, 0.1) is 17.8 Å². The molecule has 0 spiro atoms. The minimum atomic E-state index is -0.244. The summed E-state index contributed by atoms with van der Waals surface area (Å²) in [6, 6.07) is 7.71. The predicted molar refractivity (Wildman–Crippen MR) is 97.8 cm³/mol. The number of aliphatic hydroxyl groups excluding tert-OH is 1. The maximum Gasteiger partial charge on any atom is 0.258 e. The number of thiophene rings is 1. The number of hydrogen-bond acceptors (Lipinski definition) is 5. The van der Waals surface area contributed by atoms with Crippen molar-refractivity contribution in [1.82, 2.24) is 10.3 Å². The van der Waals surface area contributed by atoms with Gasteiger partial charge < -0.3 is 15.2 Å². The predicted octanol–water partition coefficient (Wildman–Crippen LogP) is 3.02. The summed E-state index contributed by atoms with van der Waals surface area (Å²) in [6.45, 7) is 3.92. The normalized spacial score (nSPS) is 20.6. The second kappa shape index (κ2) is 7.97. The molecule has 1 atom stereocenters. The number of nitrogens with zero attached hydrogens (tertiary/aromatic N) is 1. The molecule has 25 heavy (non-hydrogen) atoms. The van der Waals surface area contributed by atoms with E-state index in [1.807, 2.05) is 43.5 Å². The summed E-state index contributed by atoms with van der Waals surface area (Å²) in [5.41, 5.74) is 1.81. The molecular formula is C19H24N2O3S. The third-order valence-electron chi connectivity index (χ3n) is 4.55. The van der Waals surface area contributed by atoms with Crippen LogP contribution in [0.3, 0.4) is 0 Å². The van der Waals surface area contributed by atoms with Gasteiger partial charge in [0, 0.05) is 10.6 Å². The molecule has 0 unspecified atom stereocenters. The Morgan fingerprint density at radius 1 is 1.44 bits per heavy atom. The van der Waals surface area contributed by atoms with Gasteiger partial charge in [-0.05, 0) is 55.7 Å². The Morgan fingerprint density at radius 2 is 2.24 bits per heavy atom. The molecular weight excluding hydrogens is 336 g/mol. The molecule has 3 rings (SSSR count). The number of aryl methyl sites for hydroxylation is 2. The number of nitrogens with one attached hydrogen (secondary N) is 1. The zero-order valence-corrected chi connectivity index (χ0v) is 15.4. The standard InChI is InChI=1S/C19H24N2O3S/c1-3-15-16(7-6-12(2)20-15)24-11-18(23)21-19(13-9-14(22)10-13)17-5-4-8-25-17/h4-8,13-14,19,22H,3,9-11H2,1-2H3,(H,21,23)/t13?,14?,19-/m0/s1. The zero-order chi connectivity index (χ0) is 17.8. The van der Waals surface area contributed by atoms with Crippen LogP contribution in [-0.2, 0) is 11.2 Å². The largest absolute Gasteiger partial charge is 0.482 e. The van der Waals surface area contributed by atoms with Gasteiger partial charge in [0.25, 0.3) is 5.91 Å². The van der Waals surface area contributed by atoms with Crippen LogP contribution in [0.5, 0.6) is 5.75 Å². The lowest BCUT2D eigenvalue weighted by atomic mass is 9.77. The van der Waals surface area contributed by atoms with E-state index in [9.17, 15) is 9.90 Å². The first kappa shape index (κ1) is 17.9. The molecule has 1 amide bonds. The summed E-state index contributed by atoms with van der Waals surface area (Å²) in [5.74, 6) is 0.794. The molecule has 1 saturated carbocycles. The maximum absolute atomic E-state index is 12.4. The molecule has 134 valence electrons. The van der Waals surface area contributed by atoms with Gasteiger partial charge in [-0.3, -0.25) is 9.78 Å². The fourth-order valence-electron chi connectivity index (χ4n) is 3.13. The molecule has 1 aliphatic rings. The molecule has 1 fully saturated rings. The van der Waals surface area contributed by atoms with Gasteiger partial charge in [-0.15, -0.1) is 11.3 Å². The van der Waals surface area contributed by atoms with Crippen molar-refractivity contribution < 1.29 is 14.6 Å². The van der Waals surface area contributed by atoms with Crippen LogP contribution in [0.15, 0.2) is 29.6 Å². The van der Waals surface area contributed by atoms with E-state index in [4.69, 9.17) is 4.74 Å². The van der Waals surface area contributed by atoms with E-state index in [-0.39, 0.29) is 30.6 Å². The first-order valence-corrected chi connectivity index (χ1v) is 9.55. The van der Waals surface area contributed by atoms with Crippen molar-refractivity contribution in [3.8, 4) is 5.75 Å². The quantitative estimate of drug-likeness (QED) is 0.796. The summed E-state index contributed by atoms with van der Waals surface area (Å²) in [7, 11) is 0. The third-order valence-corrected chi connectivity index (χ3v) is 5.51. The fourth-order valence-corrected chi connectivity index (χ4v) is 4.00. The molecule has 2 aromatic rings. The van der Waals surface area contributed by atoms with Crippen LogP contribution in [0, 0.1) is 12.8 Å². The summed E-state index contributed by atoms with van der Waals surface area (Å²) in [6.07, 6.45) is 1.97. The molecule has 6 heteroatoms. The highest BCUT2D eigenvalue weighted by Crippen LogP contribution is 2.39. The van der Waals surface area contributed by atoms with Crippen molar-refractivity contribution in [1.29, 1.82) is 0 Å². The summed E-state index contributed by atoms with van der Waals surface area (Å²) >= 11 is 1.63. The van der Waals surface area contributed by atoms with E-state index in [0.717, 1.165) is 35.5 Å². The maximum atomic E-state index is 12.4. The molecule has 0 aromatic carbocycles. The Bertz CT molecular complexity index is 711. The van der Waals surface area contributed by atoms with E-state index in [1.54, 1.807) is 11.3 Å². The lowest BCUT2D eigenvalue weighted by molar-refractivity contribution is -0.125. The van der Waals surface area contributed by atoms with Crippen LogP contribution >= 0.6 is 11.3 Å². The number of carbonyl (C=O) groups excluding carboxylic acids is 1. The molecule has 0 saturated heterocycles. The molecule has 5 nitrogen and oxygen atoms in total.